The fourth-order valence-corrected chi connectivity index (χ4v) is 3.49. The summed E-state index contributed by atoms with van der Waals surface area (Å²) in [6, 6.07) is 5.34. The van der Waals surface area contributed by atoms with Crippen molar-refractivity contribution in [1.82, 2.24) is 5.32 Å². The lowest BCUT2D eigenvalue weighted by Gasteiger charge is -2.28. The maximum absolute atomic E-state index is 12.6. The summed E-state index contributed by atoms with van der Waals surface area (Å²) in [7, 11) is 0. The van der Waals surface area contributed by atoms with Crippen LogP contribution in [0, 0.1) is 11.8 Å². The van der Waals surface area contributed by atoms with Gasteiger partial charge >= 0.3 is 0 Å². The highest BCUT2D eigenvalue weighted by Gasteiger charge is 2.36. The van der Waals surface area contributed by atoms with Crippen molar-refractivity contribution in [3.05, 3.63) is 34.3 Å². The highest BCUT2D eigenvalue weighted by Crippen LogP contribution is 2.31. The number of hydrogen-bond acceptors (Lipinski definition) is 3. The van der Waals surface area contributed by atoms with Crippen LogP contribution in [-0.2, 0) is 11.2 Å². The molecule has 106 valence electrons. The number of rotatable bonds is 2. The first-order valence-electron chi connectivity index (χ1n) is 7.24. The molecule has 1 fully saturated rings. The molecule has 1 unspecified atom stereocenters. The molecule has 0 radical (unpaired) electrons. The molecule has 1 heterocycles. The van der Waals surface area contributed by atoms with E-state index in [0.717, 1.165) is 37.9 Å². The molecular formula is C16H18ClNO2. The molecule has 2 aliphatic rings. The molecule has 20 heavy (non-hydrogen) atoms. The van der Waals surface area contributed by atoms with Crippen LogP contribution in [0.15, 0.2) is 18.2 Å². The van der Waals surface area contributed by atoms with Gasteiger partial charge in [0.25, 0.3) is 0 Å². The average Bonchev–Trinajstić information content (AvgIpc) is 2.48. The lowest BCUT2D eigenvalue weighted by atomic mass is 9.76. The number of halogens is 1. The molecule has 0 amide bonds. The summed E-state index contributed by atoms with van der Waals surface area (Å²) >= 11 is 5.96. The van der Waals surface area contributed by atoms with Gasteiger partial charge in [-0.1, -0.05) is 11.6 Å². The number of hydrogen-bond donors (Lipinski definition) is 1. The summed E-state index contributed by atoms with van der Waals surface area (Å²) in [5.41, 5.74) is 1.67. The van der Waals surface area contributed by atoms with E-state index in [2.05, 4.69) is 5.32 Å². The monoisotopic (exact) mass is 291 g/mol. The topological polar surface area (TPSA) is 46.2 Å². The number of piperidine rings is 1. The van der Waals surface area contributed by atoms with Crippen molar-refractivity contribution in [3.8, 4) is 0 Å². The smallest absolute Gasteiger partial charge is 0.173 e. The van der Waals surface area contributed by atoms with E-state index < -0.39 is 5.92 Å². The summed E-state index contributed by atoms with van der Waals surface area (Å²) in [6.07, 6.45) is 3.12. The average molecular weight is 292 g/mol. The Morgan fingerprint density at radius 1 is 1.20 bits per heavy atom. The molecule has 1 aliphatic heterocycles. The van der Waals surface area contributed by atoms with Crippen LogP contribution in [0.3, 0.4) is 0 Å². The molecule has 3 nitrogen and oxygen atoms in total. The Labute approximate surface area is 123 Å². The second-order valence-electron chi connectivity index (χ2n) is 5.68. The third-order valence-electron chi connectivity index (χ3n) is 4.44. The molecule has 1 aliphatic carbocycles. The lowest BCUT2D eigenvalue weighted by molar-refractivity contribution is -0.126. The Hall–Kier alpha value is -1.19. The van der Waals surface area contributed by atoms with Gasteiger partial charge in [0.2, 0.25) is 0 Å². The van der Waals surface area contributed by atoms with Gasteiger partial charge in [-0.2, -0.15) is 0 Å². The Bertz CT molecular complexity index is 549. The van der Waals surface area contributed by atoms with Crippen LogP contribution >= 0.6 is 11.6 Å². The second kappa shape index (κ2) is 5.66. The fourth-order valence-electron chi connectivity index (χ4n) is 3.29. The first-order valence-corrected chi connectivity index (χ1v) is 7.61. The molecule has 3 rings (SSSR count). The standard InChI is InChI=1S/C16H18ClNO2/c17-12-2-4-13-11(9-12)1-3-14(16(13)20)15(19)10-5-7-18-8-6-10/h2,4,9-10,14,18H,1,3,5-8H2. The van der Waals surface area contributed by atoms with Crippen molar-refractivity contribution in [2.75, 3.05) is 13.1 Å². The first-order chi connectivity index (χ1) is 9.66. The number of ketones is 2. The van der Waals surface area contributed by atoms with Crippen LogP contribution < -0.4 is 5.32 Å². The van der Waals surface area contributed by atoms with Crippen molar-refractivity contribution in [2.24, 2.45) is 11.8 Å². The summed E-state index contributed by atoms with van der Waals surface area (Å²) in [6.45, 7) is 1.76. The van der Waals surface area contributed by atoms with E-state index in [4.69, 9.17) is 11.6 Å². The maximum atomic E-state index is 12.6. The molecule has 4 heteroatoms. The van der Waals surface area contributed by atoms with Gasteiger partial charge in [0, 0.05) is 16.5 Å². The number of nitrogens with one attached hydrogen (secondary N) is 1. The zero-order chi connectivity index (χ0) is 14.1. The zero-order valence-corrected chi connectivity index (χ0v) is 12.1. The molecule has 1 aromatic carbocycles. The number of aryl methyl sites for hydroxylation is 1. The number of carbonyl (C=O) groups is 2. The summed E-state index contributed by atoms with van der Waals surface area (Å²) in [4.78, 5) is 25.1. The first kappa shape index (κ1) is 13.8. The predicted molar refractivity (Wildman–Crippen MR) is 78.2 cm³/mol. The second-order valence-corrected chi connectivity index (χ2v) is 6.12. The highest BCUT2D eigenvalue weighted by molar-refractivity contribution is 6.30. The van der Waals surface area contributed by atoms with Crippen LogP contribution in [0.1, 0.15) is 35.2 Å². The quantitative estimate of drug-likeness (QED) is 0.852. The van der Waals surface area contributed by atoms with Gasteiger partial charge in [0.05, 0.1) is 5.92 Å². The predicted octanol–water partition coefficient (Wildman–Crippen LogP) is 2.65. The maximum Gasteiger partial charge on any atom is 0.173 e. The number of benzene rings is 1. The van der Waals surface area contributed by atoms with Gasteiger partial charge in [-0.3, -0.25) is 9.59 Å². The minimum atomic E-state index is -0.438. The summed E-state index contributed by atoms with van der Waals surface area (Å²) < 4.78 is 0. The van der Waals surface area contributed by atoms with Crippen molar-refractivity contribution in [2.45, 2.75) is 25.7 Å². The van der Waals surface area contributed by atoms with E-state index in [1.807, 2.05) is 6.07 Å². The van der Waals surface area contributed by atoms with Gasteiger partial charge in [0.1, 0.15) is 5.78 Å². The zero-order valence-electron chi connectivity index (χ0n) is 11.3. The largest absolute Gasteiger partial charge is 0.317 e. The van der Waals surface area contributed by atoms with E-state index in [9.17, 15) is 9.59 Å². The third-order valence-corrected chi connectivity index (χ3v) is 4.67. The normalized spacial score (nSPS) is 23.4. The van der Waals surface area contributed by atoms with Crippen LogP contribution in [0.5, 0.6) is 0 Å². The SMILES string of the molecule is O=C1c2ccc(Cl)cc2CCC1C(=O)C1CCNCC1. The summed E-state index contributed by atoms with van der Waals surface area (Å²) in [5, 5.41) is 3.91. The number of fused-ring (bicyclic) bond motifs is 1. The molecular weight excluding hydrogens is 274 g/mol. The van der Waals surface area contributed by atoms with Crippen LogP contribution in [0.25, 0.3) is 0 Å². The minimum absolute atomic E-state index is 0.00792. The van der Waals surface area contributed by atoms with Gasteiger partial charge in [-0.05, 0) is 62.5 Å². The van der Waals surface area contributed by atoms with Gasteiger partial charge in [0.15, 0.2) is 5.78 Å². The fraction of sp³-hybridized carbons (Fsp3) is 0.500. The van der Waals surface area contributed by atoms with Crippen molar-refractivity contribution >= 4 is 23.2 Å². The van der Waals surface area contributed by atoms with Gasteiger partial charge < -0.3 is 5.32 Å². The van der Waals surface area contributed by atoms with Crippen molar-refractivity contribution in [3.63, 3.8) is 0 Å². The minimum Gasteiger partial charge on any atom is -0.317 e. The third kappa shape index (κ3) is 2.52. The Balaban J connectivity index is 1.81. The van der Waals surface area contributed by atoms with Crippen LogP contribution in [-0.4, -0.2) is 24.7 Å². The number of Topliss-reactive ketones (excluding diaryl/α,β-unsaturated/α-hetero) is 2. The van der Waals surface area contributed by atoms with Crippen molar-refractivity contribution in [1.29, 1.82) is 0 Å². The Morgan fingerprint density at radius 2 is 1.95 bits per heavy atom. The Kier molecular flexibility index (Phi) is 3.90. The van der Waals surface area contributed by atoms with E-state index >= 15 is 0 Å². The molecule has 1 saturated heterocycles. The van der Waals surface area contributed by atoms with E-state index in [-0.39, 0.29) is 17.5 Å². The Morgan fingerprint density at radius 3 is 2.70 bits per heavy atom. The molecule has 0 aromatic heterocycles. The molecule has 1 N–H and O–H groups in total. The van der Waals surface area contributed by atoms with Gasteiger partial charge in [-0.25, -0.2) is 0 Å². The van der Waals surface area contributed by atoms with E-state index in [1.54, 1.807) is 12.1 Å². The molecule has 0 bridgehead atoms. The molecule has 0 saturated carbocycles. The van der Waals surface area contributed by atoms with Crippen LogP contribution in [0.4, 0.5) is 0 Å². The van der Waals surface area contributed by atoms with E-state index in [0.29, 0.717) is 17.0 Å². The van der Waals surface area contributed by atoms with Crippen molar-refractivity contribution < 1.29 is 9.59 Å². The van der Waals surface area contributed by atoms with Crippen LogP contribution in [0.2, 0.25) is 5.02 Å². The number of carbonyl (C=O) groups excluding carboxylic acids is 2. The summed E-state index contributed by atoms with van der Waals surface area (Å²) in [5.74, 6) is -0.241. The van der Waals surface area contributed by atoms with Gasteiger partial charge in [-0.15, -0.1) is 0 Å². The molecule has 0 spiro atoms. The van der Waals surface area contributed by atoms with E-state index in [1.165, 1.54) is 0 Å². The lowest BCUT2D eigenvalue weighted by Crippen LogP contribution is -2.38. The molecule has 1 atom stereocenters. The highest BCUT2D eigenvalue weighted by atomic mass is 35.5. The molecule has 1 aromatic rings.